The number of nitrogens with one attached hydrogen (secondary N) is 1. The average molecular weight is 274 g/mol. The summed E-state index contributed by atoms with van der Waals surface area (Å²) in [7, 11) is 0. The predicted octanol–water partition coefficient (Wildman–Crippen LogP) is 1.63. The van der Waals surface area contributed by atoms with Crippen LogP contribution in [0.4, 0.5) is 5.82 Å². The molecule has 0 aromatic carbocycles. The molecule has 5 nitrogen and oxygen atoms in total. The molecule has 0 unspecified atom stereocenters. The summed E-state index contributed by atoms with van der Waals surface area (Å²) < 4.78 is 0. The number of carbonyl (C=O) groups is 1. The maximum Gasteiger partial charge on any atom is 0.272 e. The molecule has 0 spiro atoms. The number of pyridine rings is 1. The van der Waals surface area contributed by atoms with Crippen molar-refractivity contribution in [3.8, 4) is 0 Å². The van der Waals surface area contributed by atoms with E-state index in [0.717, 1.165) is 13.0 Å². The number of fused-ring (bicyclic) bond motifs is 1. The van der Waals surface area contributed by atoms with Crippen molar-refractivity contribution in [1.82, 2.24) is 9.88 Å². The van der Waals surface area contributed by atoms with Crippen LogP contribution in [0.1, 0.15) is 20.9 Å². The Hall–Kier alpha value is -1.92. The Bertz CT molecular complexity index is 610. The Kier molecular flexibility index (Phi) is 3.18. The van der Waals surface area contributed by atoms with E-state index >= 15 is 0 Å². The molecule has 0 aliphatic carbocycles. The molecule has 2 aromatic rings. The van der Waals surface area contributed by atoms with Gasteiger partial charge in [0.2, 0.25) is 0 Å². The van der Waals surface area contributed by atoms with Crippen LogP contribution < -0.4 is 11.3 Å². The minimum atomic E-state index is -0.0473. The van der Waals surface area contributed by atoms with Crippen molar-refractivity contribution >= 4 is 23.1 Å². The Morgan fingerprint density at radius 2 is 2.32 bits per heavy atom. The van der Waals surface area contributed by atoms with Gasteiger partial charge in [0.15, 0.2) is 0 Å². The van der Waals surface area contributed by atoms with Gasteiger partial charge in [-0.05, 0) is 35.6 Å². The van der Waals surface area contributed by atoms with Gasteiger partial charge in [0, 0.05) is 18.0 Å². The molecule has 1 amide bonds. The SMILES string of the molecule is NNc1cccc(C(=O)N2CCc3sccc3C2)n1. The van der Waals surface area contributed by atoms with Gasteiger partial charge in [-0.3, -0.25) is 4.79 Å². The maximum atomic E-state index is 12.4. The number of aromatic nitrogens is 1. The molecule has 0 bridgehead atoms. The molecule has 1 aliphatic heterocycles. The number of nitrogens with zero attached hydrogens (tertiary/aromatic N) is 2. The number of hydrogen-bond donors (Lipinski definition) is 2. The van der Waals surface area contributed by atoms with Gasteiger partial charge >= 0.3 is 0 Å². The number of rotatable bonds is 2. The predicted molar refractivity (Wildman–Crippen MR) is 74.8 cm³/mol. The fourth-order valence-corrected chi connectivity index (χ4v) is 3.11. The van der Waals surface area contributed by atoms with Crippen molar-refractivity contribution in [2.45, 2.75) is 13.0 Å². The lowest BCUT2D eigenvalue weighted by Gasteiger charge is -2.26. The Labute approximate surface area is 115 Å². The normalized spacial score (nSPS) is 14.1. The second-order valence-corrected chi connectivity index (χ2v) is 5.40. The first kappa shape index (κ1) is 12.1. The molecule has 19 heavy (non-hydrogen) atoms. The summed E-state index contributed by atoms with van der Waals surface area (Å²) in [6, 6.07) is 7.30. The third kappa shape index (κ3) is 2.32. The molecule has 1 aliphatic rings. The van der Waals surface area contributed by atoms with Gasteiger partial charge in [-0.2, -0.15) is 0 Å². The van der Waals surface area contributed by atoms with Crippen molar-refractivity contribution in [2.24, 2.45) is 5.84 Å². The average Bonchev–Trinajstić information content (AvgIpc) is 2.94. The highest BCUT2D eigenvalue weighted by Crippen LogP contribution is 2.24. The number of hydrogen-bond acceptors (Lipinski definition) is 5. The van der Waals surface area contributed by atoms with Crippen LogP contribution in [-0.2, 0) is 13.0 Å². The molecule has 0 fully saturated rings. The number of anilines is 1. The van der Waals surface area contributed by atoms with Gasteiger partial charge < -0.3 is 10.3 Å². The van der Waals surface area contributed by atoms with E-state index in [1.165, 1.54) is 10.4 Å². The lowest BCUT2D eigenvalue weighted by molar-refractivity contribution is 0.0730. The van der Waals surface area contributed by atoms with Gasteiger partial charge in [0.1, 0.15) is 11.5 Å². The van der Waals surface area contributed by atoms with Crippen LogP contribution in [0.25, 0.3) is 0 Å². The fourth-order valence-electron chi connectivity index (χ4n) is 2.22. The third-order valence-electron chi connectivity index (χ3n) is 3.21. The van der Waals surface area contributed by atoms with Crippen molar-refractivity contribution in [3.63, 3.8) is 0 Å². The Balaban J connectivity index is 1.81. The number of amides is 1. The summed E-state index contributed by atoms with van der Waals surface area (Å²) in [6.45, 7) is 1.41. The zero-order valence-electron chi connectivity index (χ0n) is 10.3. The summed E-state index contributed by atoms with van der Waals surface area (Å²) in [6.07, 6.45) is 0.924. The van der Waals surface area contributed by atoms with Crippen LogP contribution in [0, 0.1) is 0 Å². The van der Waals surface area contributed by atoms with Crippen LogP contribution >= 0.6 is 11.3 Å². The second kappa shape index (κ2) is 4.99. The highest BCUT2D eigenvalue weighted by Gasteiger charge is 2.23. The van der Waals surface area contributed by atoms with E-state index < -0.39 is 0 Å². The summed E-state index contributed by atoms with van der Waals surface area (Å²) in [5.74, 6) is 5.76. The first-order valence-electron chi connectivity index (χ1n) is 6.06. The zero-order valence-corrected chi connectivity index (χ0v) is 11.1. The molecule has 98 valence electrons. The smallest absolute Gasteiger partial charge is 0.272 e. The van der Waals surface area contributed by atoms with Gasteiger partial charge in [0.05, 0.1) is 0 Å². The van der Waals surface area contributed by atoms with E-state index in [1.807, 2.05) is 4.90 Å². The third-order valence-corrected chi connectivity index (χ3v) is 4.23. The highest BCUT2D eigenvalue weighted by atomic mass is 32.1. The molecule has 3 rings (SSSR count). The monoisotopic (exact) mass is 274 g/mol. The molecular weight excluding hydrogens is 260 g/mol. The number of nitrogen functional groups attached to an aromatic ring is 1. The number of nitrogens with two attached hydrogens (primary N) is 1. The second-order valence-electron chi connectivity index (χ2n) is 4.40. The van der Waals surface area contributed by atoms with Crippen molar-refractivity contribution < 1.29 is 4.79 Å². The number of hydrazine groups is 1. The minimum absolute atomic E-state index is 0.0473. The fraction of sp³-hybridized carbons (Fsp3) is 0.231. The van der Waals surface area contributed by atoms with Crippen LogP contribution in [0.3, 0.4) is 0 Å². The van der Waals surface area contributed by atoms with E-state index in [0.29, 0.717) is 18.1 Å². The van der Waals surface area contributed by atoms with E-state index in [-0.39, 0.29) is 5.91 Å². The number of thiophene rings is 1. The molecule has 0 saturated heterocycles. The lowest BCUT2D eigenvalue weighted by atomic mass is 10.1. The first-order valence-corrected chi connectivity index (χ1v) is 6.94. The summed E-state index contributed by atoms with van der Waals surface area (Å²) in [4.78, 5) is 19.8. The highest BCUT2D eigenvalue weighted by molar-refractivity contribution is 7.10. The van der Waals surface area contributed by atoms with Crippen LogP contribution in [0.5, 0.6) is 0 Å². The Morgan fingerprint density at radius 3 is 3.16 bits per heavy atom. The maximum absolute atomic E-state index is 12.4. The summed E-state index contributed by atoms with van der Waals surface area (Å²) in [5.41, 5.74) is 4.13. The Morgan fingerprint density at radius 1 is 1.42 bits per heavy atom. The van der Waals surface area contributed by atoms with E-state index in [4.69, 9.17) is 5.84 Å². The van der Waals surface area contributed by atoms with Crippen molar-refractivity contribution in [2.75, 3.05) is 12.0 Å². The van der Waals surface area contributed by atoms with Crippen molar-refractivity contribution in [1.29, 1.82) is 0 Å². The molecule has 2 aromatic heterocycles. The van der Waals surface area contributed by atoms with Crippen LogP contribution in [0.2, 0.25) is 0 Å². The van der Waals surface area contributed by atoms with Gasteiger partial charge in [-0.15, -0.1) is 11.3 Å². The zero-order chi connectivity index (χ0) is 13.2. The van der Waals surface area contributed by atoms with Gasteiger partial charge in [0.25, 0.3) is 5.91 Å². The van der Waals surface area contributed by atoms with Gasteiger partial charge in [-0.25, -0.2) is 10.8 Å². The largest absolute Gasteiger partial charge is 0.333 e. The van der Waals surface area contributed by atoms with Crippen LogP contribution in [-0.4, -0.2) is 22.3 Å². The van der Waals surface area contributed by atoms with Gasteiger partial charge in [-0.1, -0.05) is 6.07 Å². The van der Waals surface area contributed by atoms with Crippen molar-refractivity contribution in [3.05, 3.63) is 45.8 Å². The molecule has 3 N–H and O–H groups in total. The van der Waals surface area contributed by atoms with E-state index in [2.05, 4.69) is 21.9 Å². The van der Waals surface area contributed by atoms with E-state index in [1.54, 1.807) is 29.5 Å². The van der Waals surface area contributed by atoms with E-state index in [9.17, 15) is 4.79 Å². The summed E-state index contributed by atoms with van der Waals surface area (Å²) in [5, 5.41) is 2.08. The first-order chi connectivity index (χ1) is 9.28. The molecule has 6 heteroatoms. The summed E-state index contributed by atoms with van der Waals surface area (Å²) >= 11 is 1.76. The molecule has 3 heterocycles. The quantitative estimate of drug-likeness (QED) is 0.645. The molecule has 0 radical (unpaired) electrons. The molecule has 0 saturated carbocycles. The molecular formula is C13H14N4OS. The molecule has 0 atom stereocenters. The number of carbonyl (C=O) groups excluding carboxylic acids is 1. The minimum Gasteiger partial charge on any atom is -0.333 e. The van der Waals surface area contributed by atoms with Crippen LogP contribution in [0.15, 0.2) is 29.6 Å². The topological polar surface area (TPSA) is 71.2 Å². The standard InChI is InChI=1S/C13H14N4OS/c14-16-12-3-1-2-10(15-12)13(18)17-6-4-11-9(8-17)5-7-19-11/h1-3,5,7H,4,6,8,14H2,(H,15,16). The lowest BCUT2D eigenvalue weighted by Crippen LogP contribution is -2.35.